The summed E-state index contributed by atoms with van der Waals surface area (Å²) < 4.78 is 0. The molecule has 20 heavy (non-hydrogen) atoms. The minimum Gasteiger partial charge on any atom is -0.479 e. The van der Waals surface area contributed by atoms with Crippen molar-refractivity contribution in [1.29, 1.82) is 0 Å². The van der Waals surface area contributed by atoms with Crippen molar-refractivity contribution in [2.75, 3.05) is 0 Å². The zero-order chi connectivity index (χ0) is 14.5. The van der Waals surface area contributed by atoms with Crippen LogP contribution in [0.4, 0.5) is 0 Å². The van der Waals surface area contributed by atoms with Gasteiger partial charge < -0.3 is 5.11 Å². The number of halogens is 2. The van der Waals surface area contributed by atoms with Crippen molar-refractivity contribution in [2.24, 2.45) is 4.99 Å². The van der Waals surface area contributed by atoms with Gasteiger partial charge in [0.2, 0.25) is 0 Å². The van der Waals surface area contributed by atoms with E-state index in [1.54, 1.807) is 12.1 Å². The van der Waals surface area contributed by atoms with Gasteiger partial charge in [0.25, 0.3) is 0 Å². The highest BCUT2D eigenvalue weighted by Gasteiger charge is 2.18. The molecule has 0 aromatic heterocycles. The number of benzene rings is 2. The van der Waals surface area contributed by atoms with Gasteiger partial charge in [-0.05, 0) is 23.3 Å². The Morgan fingerprint density at radius 1 is 1.10 bits per heavy atom. The summed E-state index contributed by atoms with van der Waals surface area (Å²) in [5.41, 5.74) is 1.32. The maximum absolute atomic E-state index is 11.3. The van der Waals surface area contributed by atoms with Crippen LogP contribution in [0.15, 0.2) is 53.5 Å². The lowest BCUT2D eigenvalue weighted by Crippen LogP contribution is -2.09. The van der Waals surface area contributed by atoms with Crippen LogP contribution < -0.4 is 0 Å². The van der Waals surface area contributed by atoms with E-state index in [1.165, 1.54) is 12.3 Å². The normalized spacial score (nSPS) is 12.5. The predicted octanol–water partition coefficient (Wildman–Crippen LogP) is 4.24. The van der Waals surface area contributed by atoms with Crippen LogP contribution in [0.5, 0.6) is 0 Å². The average Bonchev–Trinajstić information content (AvgIpc) is 2.43. The van der Waals surface area contributed by atoms with E-state index in [4.69, 9.17) is 23.2 Å². The maximum atomic E-state index is 11.3. The number of hydrogen-bond acceptors (Lipinski definition) is 2. The summed E-state index contributed by atoms with van der Waals surface area (Å²) in [7, 11) is 0. The highest BCUT2D eigenvalue weighted by atomic mass is 35.5. The number of hydrogen-bond donors (Lipinski definition) is 1. The molecule has 2 aromatic carbocycles. The van der Waals surface area contributed by atoms with Crippen LogP contribution in [0.2, 0.25) is 10.0 Å². The van der Waals surface area contributed by atoms with Crippen LogP contribution in [0, 0.1) is 0 Å². The molecule has 0 bridgehead atoms. The van der Waals surface area contributed by atoms with E-state index in [-0.39, 0.29) is 0 Å². The minimum atomic E-state index is -1.05. The smallest absolute Gasteiger partial charge is 0.333 e. The molecule has 0 fully saturated rings. The topological polar surface area (TPSA) is 49.7 Å². The Morgan fingerprint density at radius 3 is 2.40 bits per heavy atom. The number of nitrogens with zero attached hydrogens (tertiary/aromatic N) is 1. The van der Waals surface area contributed by atoms with Gasteiger partial charge >= 0.3 is 5.97 Å². The maximum Gasteiger partial charge on any atom is 0.333 e. The molecule has 0 amide bonds. The summed E-state index contributed by atoms with van der Waals surface area (Å²) in [6, 6.07) is 13.0. The van der Waals surface area contributed by atoms with Gasteiger partial charge in [-0.25, -0.2) is 4.79 Å². The van der Waals surface area contributed by atoms with E-state index in [9.17, 15) is 9.90 Å². The molecule has 0 radical (unpaired) electrons. The van der Waals surface area contributed by atoms with Crippen LogP contribution in [0.25, 0.3) is 0 Å². The second-order valence-corrected chi connectivity index (χ2v) is 4.92. The molecule has 0 saturated heterocycles. The minimum absolute atomic E-state index is 0.310. The van der Waals surface area contributed by atoms with E-state index in [0.29, 0.717) is 15.6 Å². The first-order chi connectivity index (χ1) is 9.58. The number of carboxylic acid groups (broad SMARTS) is 1. The third kappa shape index (κ3) is 3.59. The van der Waals surface area contributed by atoms with Gasteiger partial charge in [-0.1, -0.05) is 59.6 Å². The molecule has 0 spiro atoms. The van der Waals surface area contributed by atoms with E-state index < -0.39 is 12.0 Å². The highest BCUT2D eigenvalue weighted by molar-refractivity contribution is 6.42. The number of carbonyl (C=O) groups is 1. The number of carboxylic acids is 1. The Balaban J connectivity index is 2.30. The zero-order valence-corrected chi connectivity index (χ0v) is 11.8. The Kier molecular flexibility index (Phi) is 4.77. The van der Waals surface area contributed by atoms with Gasteiger partial charge in [0.1, 0.15) is 0 Å². The molecule has 1 N–H and O–H groups in total. The van der Waals surface area contributed by atoms with Crippen LogP contribution in [-0.4, -0.2) is 17.3 Å². The molecule has 2 aromatic rings. The average molecular weight is 308 g/mol. The molecule has 0 aliphatic rings. The molecule has 5 heteroatoms. The van der Waals surface area contributed by atoms with Crippen molar-refractivity contribution in [3.63, 3.8) is 0 Å². The fourth-order valence-corrected chi connectivity index (χ4v) is 1.98. The molecular weight excluding hydrogens is 297 g/mol. The van der Waals surface area contributed by atoms with Crippen LogP contribution in [-0.2, 0) is 4.79 Å². The van der Waals surface area contributed by atoms with Crippen molar-refractivity contribution in [1.82, 2.24) is 0 Å². The van der Waals surface area contributed by atoms with Crippen molar-refractivity contribution < 1.29 is 9.90 Å². The molecule has 1 atom stereocenters. The van der Waals surface area contributed by atoms with Crippen LogP contribution in [0.1, 0.15) is 17.2 Å². The summed E-state index contributed by atoms with van der Waals surface area (Å²) in [4.78, 5) is 15.4. The Bertz CT molecular complexity index is 642. The first-order valence-electron chi connectivity index (χ1n) is 5.84. The number of rotatable bonds is 4. The van der Waals surface area contributed by atoms with E-state index in [2.05, 4.69) is 4.99 Å². The quantitative estimate of drug-likeness (QED) is 0.859. The van der Waals surface area contributed by atoms with Crippen molar-refractivity contribution in [3.8, 4) is 0 Å². The molecule has 0 saturated carbocycles. The van der Waals surface area contributed by atoms with Gasteiger partial charge in [-0.3, -0.25) is 4.99 Å². The van der Waals surface area contributed by atoms with Gasteiger partial charge in [0, 0.05) is 6.21 Å². The van der Waals surface area contributed by atoms with Gasteiger partial charge in [0.05, 0.1) is 10.0 Å². The monoisotopic (exact) mass is 307 g/mol. The molecule has 0 aliphatic heterocycles. The van der Waals surface area contributed by atoms with Gasteiger partial charge in [0.15, 0.2) is 6.04 Å². The molecule has 2 rings (SSSR count). The van der Waals surface area contributed by atoms with Gasteiger partial charge in [-0.2, -0.15) is 0 Å². The molecular formula is C15H11Cl2NO2. The summed E-state index contributed by atoms with van der Waals surface area (Å²) >= 11 is 11.7. The standard InChI is InChI=1S/C15H11Cl2NO2/c16-12-7-6-11(8-13(12)17)14(15(19)20)18-9-10-4-2-1-3-5-10/h1-9,14H,(H,19,20). The third-order valence-corrected chi connectivity index (χ3v) is 3.40. The SMILES string of the molecule is O=C(O)C(N=Cc1ccccc1)c1ccc(Cl)c(Cl)c1. The molecule has 0 heterocycles. The number of aliphatic imine (C=N–C) groups is 1. The summed E-state index contributed by atoms with van der Waals surface area (Å²) in [6.45, 7) is 0. The molecule has 0 aliphatic carbocycles. The van der Waals surface area contributed by atoms with Gasteiger partial charge in [-0.15, -0.1) is 0 Å². The highest BCUT2D eigenvalue weighted by Crippen LogP contribution is 2.27. The number of aliphatic carboxylic acids is 1. The van der Waals surface area contributed by atoms with Crippen molar-refractivity contribution in [3.05, 3.63) is 69.7 Å². The predicted molar refractivity (Wildman–Crippen MR) is 80.9 cm³/mol. The fourth-order valence-electron chi connectivity index (χ4n) is 1.67. The van der Waals surface area contributed by atoms with E-state index in [0.717, 1.165) is 5.56 Å². The lowest BCUT2D eigenvalue weighted by atomic mass is 10.1. The fraction of sp³-hybridized carbons (Fsp3) is 0.0667. The molecule has 1 unspecified atom stereocenters. The largest absolute Gasteiger partial charge is 0.479 e. The van der Waals surface area contributed by atoms with Crippen molar-refractivity contribution >= 4 is 35.4 Å². The third-order valence-electron chi connectivity index (χ3n) is 2.67. The van der Waals surface area contributed by atoms with E-state index in [1.807, 2.05) is 30.3 Å². The molecule has 102 valence electrons. The van der Waals surface area contributed by atoms with Crippen molar-refractivity contribution in [2.45, 2.75) is 6.04 Å². The summed E-state index contributed by atoms with van der Waals surface area (Å²) in [5.74, 6) is -1.05. The first kappa shape index (κ1) is 14.6. The lowest BCUT2D eigenvalue weighted by molar-refractivity contribution is -0.138. The summed E-state index contributed by atoms with van der Waals surface area (Å²) in [5, 5.41) is 9.97. The second kappa shape index (κ2) is 6.55. The first-order valence-corrected chi connectivity index (χ1v) is 6.59. The lowest BCUT2D eigenvalue weighted by Gasteiger charge is -2.08. The Morgan fingerprint density at radius 2 is 1.80 bits per heavy atom. The van der Waals surface area contributed by atoms with Crippen LogP contribution in [0.3, 0.4) is 0 Å². The second-order valence-electron chi connectivity index (χ2n) is 4.10. The Labute approximate surface area is 126 Å². The summed E-state index contributed by atoms with van der Waals surface area (Å²) in [6.07, 6.45) is 1.53. The Hall–Kier alpha value is -1.84. The van der Waals surface area contributed by atoms with E-state index >= 15 is 0 Å². The van der Waals surface area contributed by atoms with Crippen LogP contribution >= 0.6 is 23.2 Å². The molecule has 3 nitrogen and oxygen atoms in total. The zero-order valence-electron chi connectivity index (χ0n) is 10.3.